The van der Waals surface area contributed by atoms with Gasteiger partial charge in [0.05, 0.1) is 21.9 Å². The van der Waals surface area contributed by atoms with E-state index in [4.69, 9.17) is 0 Å². The maximum atomic E-state index is 12.1. The molecule has 0 saturated heterocycles. The van der Waals surface area contributed by atoms with Crippen LogP contribution in [0.25, 0.3) is 10.9 Å². The van der Waals surface area contributed by atoms with Gasteiger partial charge in [0, 0.05) is 28.6 Å². The quantitative estimate of drug-likeness (QED) is 0.304. The number of carbonyl (C=O) groups excluding carboxylic acids is 1. The number of rotatable bonds is 6. The van der Waals surface area contributed by atoms with Gasteiger partial charge in [-0.25, -0.2) is 5.43 Å². The molecule has 1 heterocycles. The Morgan fingerprint density at radius 2 is 1.93 bits per heavy atom. The first-order chi connectivity index (χ1) is 13.0. The van der Waals surface area contributed by atoms with Crippen LogP contribution in [-0.2, 0) is 4.79 Å². The van der Waals surface area contributed by atoms with Crippen LogP contribution in [-0.4, -0.2) is 27.3 Å². The molecule has 1 aromatic heterocycles. The van der Waals surface area contributed by atoms with Crippen LogP contribution in [0.3, 0.4) is 0 Å². The molecule has 0 spiro atoms. The van der Waals surface area contributed by atoms with Crippen molar-refractivity contribution in [3.63, 3.8) is 0 Å². The number of carbonyl (C=O) groups is 1. The number of hydrogen-bond donors (Lipinski definition) is 1. The zero-order chi connectivity index (χ0) is 19.2. The SMILES string of the molecule is C/C(=N/NC(=O)CSc1cccc2cccnc12)c1ccc([N+](=O)[O-])cc1. The zero-order valence-corrected chi connectivity index (χ0v) is 15.3. The summed E-state index contributed by atoms with van der Waals surface area (Å²) in [5.41, 5.74) is 4.65. The monoisotopic (exact) mass is 380 g/mol. The molecule has 0 aliphatic rings. The maximum absolute atomic E-state index is 12.1. The highest BCUT2D eigenvalue weighted by molar-refractivity contribution is 8.00. The summed E-state index contributed by atoms with van der Waals surface area (Å²) in [4.78, 5) is 27.6. The van der Waals surface area contributed by atoms with Gasteiger partial charge >= 0.3 is 0 Å². The fourth-order valence-corrected chi connectivity index (χ4v) is 3.24. The first-order valence-corrected chi connectivity index (χ1v) is 9.07. The van der Waals surface area contributed by atoms with Crippen LogP contribution in [0.2, 0.25) is 0 Å². The average molecular weight is 380 g/mol. The third-order valence-electron chi connectivity index (χ3n) is 3.80. The highest BCUT2D eigenvalue weighted by Gasteiger charge is 2.08. The standard InChI is InChI=1S/C19H16N4O3S/c1-13(14-7-9-16(10-8-14)23(25)26)21-22-18(24)12-27-17-6-2-4-15-5-3-11-20-19(15)17/h2-11H,12H2,1H3,(H,22,24)/b21-13-. The van der Waals surface area contributed by atoms with Gasteiger partial charge in [0.25, 0.3) is 5.69 Å². The Hall–Kier alpha value is -3.26. The Morgan fingerprint density at radius 1 is 1.19 bits per heavy atom. The Labute approximate surface area is 159 Å². The number of thioether (sulfide) groups is 1. The van der Waals surface area contributed by atoms with E-state index in [9.17, 15) is 14.9 Å². The Balaban J connectivity index is 1.60. The number of nitrogens with zero attached hydrogens (tertiary/aromatic N) is 3. The minimum Gasteiger partial charge on any atom is -0.272 e. The summed E-state index contributed by atoms with van der Waals surface area (Å²) in [6.45, 7) is 1.73. The molecule has 1 amide bonds. The molecule has 0 aliphatic heterocycles. The summed E-state index contributed by atoms with van der Waals surface area (Å²) in [6.07, 6.45) is 1.73. The van der Waals surface area contributed by atoms with Crippen LogP contribution < -0.4 is 5.43 Å². The van der Waals surface area contributed by atoms with Crippen molar-refractivity contribution in [2.75, 3.05) is 5.75 Å². The molecule has 8 heteroatoms. The second-order valence-electron chi connectivity index (χ2n) is 5.66. The van der Waals surface area contributed by atoms with Crippen molar-refractivity contribution in [2.24, 2.45) is 5.10 Å². The third-order valence-corrected chi connectivity index (χ3v) is 4.85. The predicted octanol–water partition coefficient (Wildman–Crippen LogP) is 3.78. The van der Waals surface area contributed by atoms with Gasteiger partial charge < -0.3 is 0 Å². The molecule has 136 valence electrons. The van der Waals surface area contributed by atoms with Gasteiger partial charge in [0.15, 0.2) is 0 Å². The van der Waals surface area contributed by atoms with Gasteiger partial charge in [-0.05, 0) is 36.8 Å². The van der Waals surface area contributed by atoms with E-state index in [-0.39, 0.29) is 17.3 Å². The maximum Gasteiger partial charge on any atom is 0.269 e. The molecule has 3 rings (SSSR count). The molecule has 0 saturated carbocycles. The molecule has 7 nitrogen and oxygen atoms in total. The van der Waals surface area contributed by atoms with E-state index in [1.807, 2.05) is 30.3 Å². The van der Waals surface area contributed by atoms with Crippen LogP contribution in [0.1, 0.15) is 12.5 Å². The van der Waals surface area contributed by atoms with E-state index < -0.39 is 4.92 Å². The molecule has 3 aromatic rings. The molecule has 0 atom stereocenters. The van der Waals surface area contributed by atoms with E-state index in [0.717, 1.165) is 15.8 Å². The van der Waals surface area contributed by atoms with Crippen molar-refractivity contribution in [1.82, 2.24) is 10.4 Å². The topological polar surface area (TPSA) is 97.5 Å². The number of nitro benzene ring substituents is 1. The van der Waals surface area contributed by atoms with E-state index in [0.29, 0.717) is 11.3 Å². The van der Waals surface area contributed by atoms with Crippen LogP contribution in [0.5, 0.6) is 0 Å². The molecule has 0 fully saturated rings. The summed E-state index contributed by atoms with van der Waals surface area (Å²) in [7, 11) is 0. The summed E-state index contributed by atoms with van der Waals surface area (Å²) in [5, 5.41) is 15.8. The molecule has 0 aliphatic carbocycles. The Kier molecular flexibility index (Phi) is 5.77. The van der Waals surface area contributed by atoms with E-state index in [2.05, 4.69) is 15.5 Å². The predicted molar refractivity (Wildman–Crippen MR) is 106 cm³/mol. The Morgan fingerprint density at radius 3 is 2.67 bits per heavy atom. The smallest absolute Gasteiger partial charge is 0.269 e. The normalized spacial score (nSPS) is 11.4. The van der Waals surface area contributed by atoms with Crippen LogP contribution in [0.15, 0.2) is 70.8 Å². The van der Waals surface area contributed by atoms with Gasteiger partial charge in [0.1, 0.15) is 0 Å². The van der Waals surface area contributed by atoms with E-state index in [1.165, 1.54) is 23.9 Å². The summed E-state index contributed by atoms with van der Waals surface area (Å²) in [5.74, 6) is -0.0404. The lowest BCUT2D eigenvalue weighted by Crippen LogP contribution is -2.21. The van der Waals surface area contributed by atoms with Crippen molar-refractivity contribution in [2.45, 2.75) is 11.8 Å². The number of aromatic nitrogens is 1. The molecule has 27 heavy (non-hydrogen) atoms. The average Bonchev–Trinajstić information content (AvgIpc) is 2.70. The number of nitro groups is 1. The molecule has 0 bridgehead atoms. The van der Waals surface area contributed by atoms with Gasteiger partial charge in [0.2, 0.25) is 5.91 Å². The fourth-order valence-electron chi connectivity index (χ4n) is 2.40. The number of amides is 1. The minimum absolute atomic E-state index is 0.00989. The van der Waals surface area contributed by atoms with Crippen molar-refractivity contribution < 1.29 is 9.72 Å². The Bertz CT molecular complexity index is 1010. The van der Waals surface area contributed by atoms with Crippen molar-refractivity contribution in [3.05, 3.63) is 76.5 Å². The number of hydrazone groups is 1. The highest BCUT2D eigenvalue weighted by Crippen LogP contribution is 2.25. The highest BCUT2D eigenvalue weighted by atomic mass is 32.2. The van der Waals surface area contributed by atoms with Crippen LogP contribution >= 0.6 is 11.8 Å². The lowest BCUT2D eigenvalue weighted by atomic mass is 10.1. The number of fused-ring (bicyclic) bond motifs is 1. The third kappa shape index (κ3) is 4.68. The lowest BCUT2D eigenvalue weighted by Gasteiger charge is -2.05. The summed E-state index contributed by atoms with van der Waals surface area (Å²) in [6, 6.07) is 15.7. The molecule has 1 N–H and O–H groups in total. The zero-order valence-electron chi connectivity index (χ0n) is 14.5. The molecular formula is C19H16N4O3S. The number of hydrogen-bond acceptors (Lipinski definition) is 6. The number of benzene rings is 2. The molecule has 2 aromatic carbocycles. The molecular weight excluding hydrogens is 364 g/mol. The van der Waals surface area contributed by atoms with Gasteiger partial charge in [-0.3, -0.25) is 19.9 Å². The van der Waals surface area contributed by atoms with E-state index in [1.54, 1.807) is 25.3 Å². The number of nitrogens with one attached hydrogen (secondary N) is 1. The van der Waals surface area contributed by atoms with Gasteiger partial charge in [-0.1, -0.05) is 18.2 Å². The van der Waals surface area contributed by atoms with E-state index >= 15 is 0 Å². The van der Waals surface area contributed by atoms with Crippen LogP contribution in [0.4, 0.5) is 5.69 Å². The first kappa shape index (κ1) is 18.5. The molecule has 0 unspecified atom stereocenters. The summed E-state index contributed by atoms with van der Waals surface area (Å²) >= 11 is 1.39. The van der Waals surface area contributed by atoms with Crippen LogP contribution in [0, 0.1) is 10.1 Å². The number of pyridine rings is 1. The summed E-state index contributed by atoms with van der Waals surface area (Å²) < 4.78 is 0. The van der Waals surface area contributed by atoms with Crippen molar-refractivity contribution >= 4 is 40.0 Å². The van der Waals surface area contributed by atoms with Gasteiger partial charge in [-0.2, -0.15) is 5.10 Å². The van der Waals surface area contributed by atoms with Gasteiger partial charge in [-0.15, -0.1) is 11.8 Å². The first-order valence-electron chi connectivity index (χ1n) is 8.09. The number of para-hydroxylation sites is 1. The second-order valence-corrected chi connectivity index (χ2v) is 6.67. The fraction of sp³-hybridized carbons (Fsp3) is 0.105. The second kappa shape index (κ2) is 8.41. The van der Waals surface area contributed by atoms with Crippen molar-refractivity contribution in [1.29, 1.82) is 0 Å². The minimum atomic E-state index is -0.461. The largest absolute Gasteiger partial charge is 0.272 e. The number of non-ortho nitro benzene ring substituents is 1. The van der Waals surface area contributed by atoms with Crippen molar-refractivity contribution in [3.8, 4) is 0 Å². The molecule has 0 radical (unpaired) electrons. The lowest BCUT2D eigenvalue weighted by molar-refractivity contribution is -0.384.